The number of amides is 2. The summed E-state index contributed by atoms with van der Waals surface area (Å²) in [5.41, 5.74) is 3.49. The van der Waals surface area contributed by atoms with Crippen LogP contribution >= 0.6 is 0 Å². The van der Waals surface area contributed by atoms with E-state index in [-0.39, 0.29) is 36.2 Å². The monoisotopic (exact) mass is 588 g/mol. The van der Waals surface area contributed by atoms with E-state index < -0.39 is 0 Å². The fraction of sp³-hybridized carbons (Fsp3) is 0.484. The van der Waals surface area contributed by atoms with Crippen molar-refractivity contribution in [3.05, 3.63) is 65.5 Å². The van der Waals surface area contributed by atoms with Crippen LogP contribution in [0.2, 0.25) is 0 Å². The van der Waals surface area contributed by atoms with Crippen LogP contribution in [0.3, 0.4) is 0 Å². The number of benzene rings is 1. The number of anilines is 2. The number of aromatic nitrogens is 5. The van der Waals surface area contributed by atoms with Crippen molar-refractivity contribution in [2.45, 2.75) is 70.7 Å². The van der Waals surface area contributed by atoms with E-state index in [0.717, 1.165) is 47.1 Å². The molecule has 4 heterocycles. The van der Waals surface area contributed by atoms with E-state index in [0.29, 0.717) is 32.0 Å². The van der Waals surface area contributed by atoms with Gasteiger partial charge in [-0.05, 0) is 43.0 Å². The number of nitrogens with zero attached hydrogens (tertiary/aromatic N) is 6. The van der Waals surface area contributed by atoms with Crippen LogP contribution in [-0.4, -0.2) is 67.9 Å². The predicted molar refractivity (Wildman–Crippen MR) is 163 cm³/mol. The van der Waals surface area contributed by atoms with Gasteiger partial charge in [-0.15, -0.1) is 10.2 Å². The molecule has 1 saturated heterocycles. The Morgan fingerprint density at radius 2 is 1.95 bits per heavy atom. The van der Waals surface area contributed by atoms with Crippen LogP contribution in [0, 0.1) is 0 Å². The molecule has 1 fully saturated rings. The lowest BCUT2D eigenvalue weighted by Gasteiger charge is -2.33. The maximum absolute atomic E-state index is 13.2. The van der Waals surface area contributed by atoms with E-state index in [4.69, 9.17) is 9.47 Å². The van der Waals surface area contributed by atoms with Crippen molar-refractivity contribution in [3.63, 3.8) is 0 Å². The molecule has 1 aliphatic heterocycles. The van der Waals surface area contributed by atoms with Gasteiger partial charge in [0.25, 0.3) is 0 Å². The predicted octanol–water partition coefficient (Wildman–Crippen LogP) is 4.22. The molecule has 4 aromatic rings. The molecule has 0 bridgehead atoms. The fourth-order valence-electron chi connectivity index (χ4n) is 5.80. The van der Waals surface area contributed by atoms with E-state index in [1.165, 1.54) is 0 Å². The molecule has 2 aliphatic rings. The summed E-state index contributed by atoms with van der Waals surface area (Å²) in [6.45, 7) is 10.6. The third-order valence-electron chi connectivity index (χ3n) is 8.10. The Labute approximate surface area is 251 Å². The summed E-state index contributed by atoms with van der Waals surface area (Å²) < 4.78 is 15.8. The van der Waals surface area contributed by atoms with Gasteiger partial charge in [-0.3, -0.25) is 9.72 Å². The van der Waals surface area contributed by atoms with Gasteiger partial charge < -0.3 is 24.8 Å². The molecule has 228 valence electrons. The molecular weight excluding hydrogens is 548 g/mol. The number of nitrogens with one attached hydrogen (secondary N) is 2. The number of carbonyl (C=O) groups is 1. The van der Waals surface area contributed by atoms with Gasteiger partial charge in [0, 0.05) is 18.0 Å². The largest absolute Gasteiger partial charge is 0.484 e. The number of ether oxygens (including phenoxy) is 2. The van der Waals surface area contributed by atoms with Crippen molar-refractivity contribution in [1.82, 2.24) is 29.7 Å². The zero-order valence-corrected chi connectivity index (χ0v) is 25.2. The molecule has 3 aromatic heterocycles. The summed E-state index contributed by atoms with van der Waals surface area (Å²) in [7, 11) is 0. The molecule has 6 rings (SSSR count). The Kier molecular flexibility index (Phi) is 7.97. The number of fused-ring (bicyclic) bond motifs is 2. The molecule has 12 heteroatoms. The summed E-state index contributed by atoms with van der Waals surface area (Å²) in [6, 6.07) is 13.5. The van der Waals surface area contributed by atoms with Crippen molar-refractivity contribution < 1.29 is 19.4 Å². The van der Waals surface area contributed by atoms with Gasteiger partial charge in [0.2, 0.25) is 5.95 Å². The van der Waals surface area contributed by atoms with Crippen molar-refractivity contribution in [1.29, 1.82) is 0 Å². The molecule has 1 unspecified atom stereocenters. The zero-order valence-electron chi connectivity index (χ0n) is 25.2. The quantitative estimate of drug-likeness (QED) is 0.293. The number of aliphatic hydroxyl groups is 1. The van der Waals surface area contributed by atoms with Gasteiger partial charge in [-0.25, -0.2) is 9.48 Å². The lowest BCUT2D eigenvalue weighted by molar-refractivity contribution is 0.0980. The highest BCUT2D eigenvalue weighted by Crippen LogP contribution is 2.39. The van der Waals surface area contributed by atoms with E-state index in [2.05, 4.69) is 64.6 Å². The summed E-state index contributed by atoms with van der Waals surface area (Å²) in [5, 5.41) is 29.0. The van der Waals surface area contributed by atoms with E-state index in [1.54, 1.807) is 4.68 Å². The van der Waals surface area contributed by atoms with Crippen molar-refractivity contribution in [2.24, 2.45) is 0 Å². The number of morpholine rings is 1. The summed E-state index contributed by atoms with van der Waals surface area (Å²) >= 11 is 0. The van der Waals surface area contributed by atoms with Crippen molar-refractivity contribution in [3.8, 4) is 5.75 Å². The van der Waals surface area contributed by atoms with Gasteiger partial charge in [0.15, 0.2) is 5.65 Å². The normalized spacial score (nSPS) is 20.6. The first-order valence-corrected chi connectivity index (χ1v) is 14.9. The van der Waals surface area contributed by atoms with Gasteiger partial charge in [-0.1, -0.05) is 45.0 Å². The average molecular weight is 589 g/mol. The first-order valence-electron chi connectivity index (χ1n) is 14.9. The molecule has 0 radical (unpaired) electrons. The minimum Gasteiger partial charge on any atom is -0.484 e. The number of pyridine rings is 1. The van der Waals surface area contributed by atoms with E-state index >= 15 is 0 Å². The van der Waals surface area contributed by atoms with Crippen LogP contribution in [-0.2, 0) is 16.7 Å². The minimum atomic E-state index is -0.318. The van der Waals surface area contributed by atoms with Crippen LogP contribution in [0.25, 0.3) is 5.65 Å². The summed E-state index contributed by atoms with van der Waals surface area (Å²) in [4.78, 5) is 15.4. The second-order valence-electron chi connectivity index (χ2n) is 12.3. The highest BCUT2D eigenvalue weighted by molar-refractivity contribution is 5.88. The van der Waals surface area contributed by atoms with E-state index in [1.807, 2.05) is 47.0 Å². The Morgan fingerprint density at radius 3 is 2.72 bits per heavy atom. The molecule has 3 atom stereocenters. The number of aliphatic hydroxyl groups excluding tert-OH is 1. The second kappa shape index (κ2) is 11.8. The third kappa shape index (κ3) is 6.02. The van der Waals surface area contributed by atoms with Gasteiger partial charge in [0.05, 0.1) is 50.3 Å². The van der Waals surface area contributed by atoms with Gasteiger partial charge in [-0.2, -0.15) is 5.10 Å². The molecule has 1 aliphatic carbocycles. The lowest BCUT2D eigenvalue weighted by Crippen LogP contribution is -2.44. The summed E-state index contributed by atoms with van der Waals surface area (Å²) in [6.07, 6.45) is 3.22. The number of hydrogen-bond acceptors (Lipinski definition) is 8. The van der Waals surface area contributed by atoms with Crippen LogP contribution in [0.5, 0.6) is 5.75 Å². The number of rotatable bonds is 7. The smallest absolute Gasteiger partial charge is 0.320 e. The maximum atomic E-state index is 13.2. The zero-order chi connectivity index (χ0) is 30.1. The van der Waals surface area contributed by atoms with E-state index in [9.17, 15) is 9.90 Å². The Bertz CT molecular complexity index is 1590. The standard InChI is InChI=1S/C31H40N8O4/c1-20-19-42-16-14-37(20)30-35-34-27-12-9-21(18-38(27)30)43-25-11-10-24(22-7-5-6-8-23(22)25)32-29(41)33-28-17-26(31(2,3)4)36-39(28)13-15-40/h5-9,12,17-18,20,24-25,40H,10-11,13-16,19H2,1-4H3,(H2,32,33,41)/t20?,24-,25+/m0/s1. The van der Waals surface area contributed by atoms with Crippen LogP contribution in [0.4, 0.5) is 16.6 Å². The highest BCUT2D eigenvalue weighted by atomic mass is 16.5. The Hall–Kier alpha value is -4.16. The Morgan fingerprint density at radius 1 is 1.14 bits per heavy atom. The molecule has 3 N–H and O–H groups in total. The van der Waals surface area contributed by atoms with Crippen LogP contribution in [0.1, 0.15) is 69.5 Å². The highest BCUT2D eigenvalue weighted by Gasteiger charge is 2.30. The van der Waals surface area contributed by atoms with Crippen LogP contribution in [0.15, 0.2) is 48.7 Å². The van der Waals surface area contributed by atoms with Gasteiger partial charge in [0.1, 0.15) is 17.7 Å². The average Bonchev–Trinajstić information content (AvgIpc) is 3.59. The molecule has 12 nitrogen and oxygen atoms in total. The minimum absolute atomic E-state index is 0.0725. The molecular formula is C31H40N8O4. The summed E-state index contributed by atoms with van der Waals surface area (Å²) in [5.74, 6) is 2.06. The Balaban J connectivity index is 1.18. The topological polar surface area (TPSA) is 131 Å². The van der Waals surface area contributed by atoms with Crippen LogP contribution < -0.4 is 20.3 Å². The van der Waals surface area contributed by atoms with Crippen molar-refractivity contribution in [2.75, 3.05) is 36.6 Å². The molecule has 1 aromatic carbocycles. The van der Waals surface area contributed by atoms with Gasteiger partial charge >= 0.3 is 6.03 Å². The first-order chi connectivity index (χ1) is 20.7. The first kappa shape index (κ1) is 28.9. The van der Waals surface area contributed by atoms with Crippen molar-refractivity contribution >= 4 is 23.4 Å². The number of carbonyl (C=O) groups excluding carboxylic acids is 1. The molecule has 0 spiro atoms. The lowest BCUT2D eigenvalue weighted by atomic mass is 9.85. The molecule has 2 amide bonds. The SMILES string of the molecule is CC1COCCN1c1nnc2ccc(O[C@@H]3CC[C@H](NC(=O)Nc4cc(C(C)(C)C)nn4CCO)c4ccccc43)cn12. The third-order valence-corrected chi connectivity index (χ3v) is 8.10. The second-order valence-corrected chi connectivity index (χ2v) is 12.3. The number of hydrogen-bond donors (Lipinski definition) is 3. The molecule has 0 saturated carbocycles. The molecule has 43 heavy (non-hydrogen) atoms. The maximum Gasteiger partial charge on any atom is 0.320 e. The fourth-order valence-corrected chi connectivity index (χ4v) is 5.80. The number of urea groups is 1.